The van der Waals surface area contributed by atoms with Crippen molar-refractivity contribution in [1.29, 1.82) is 5.41 Å². The highest BCUT2D eigenvalue weighted by Gasteiger charge is 2.34. The molecule has 4 aromatic rings. The summed E-state index contributed by atoms with van der Waals surface area (Å²) >= 11 is 0. The van der Waals surface area contributed by atoms with E-state index in [2.05, 4.69) is 25.3 Å². The highest BCUT2D eigenvalue weighted by atomic mass is 19.4. The number of nitrogens with zero attached hydrogens (tertiary/aromatic N) is 2. The number of alkyl halides is 3. The van der Waals surface area contributed by atoms with Crippen LogP contribution in [0.25, 0.3) is 28.0 Å². The predicted octanol–water partition coefficient (Wildman–Crippen LogP) is 6.65. The van der Waals surface area contributed by atoms with Gasteiger partial charge in [0.05, 0.1) is 24.3 Å². The van der Waals surface area contributed by atoms with Gasteiger partial charge in [-0.3, -0.25) is 9.98 Å². The lowest BCUT2D eigenvalue weighted by atomic mass is 9.91. The Bertz CT molecular complexity index is 1900. The maximum absolute atomic E-state index is 15.6. The highest BCUT2D eigenvalue weighted by molar-refractivity contribution is 5.83. The SMILES string of the molecule is COc1cc(-n2cc3cc(-c4cc(CCCC(N)C5CC5)cc(OC(F)(F)F)c4F)[nH]c3nc2=O)ccc1[C@@H]1CCC[C@@H](CCNC(C)=N)N1. The van der Waals surface area contributed by atoms with Crippen molar-refractivity contribution in [3.63, 3.8) is 0 Å². The first-order valence-corrected chi connectivity index (χ1v) is 17.1. The minimum Gasteiger partial charge on any atom is -0.496 e. The van der Waals surface area contributed by atoms with E-state index in [1.807, 2.05) is 12.1 Å². The molecule has 10 nitrogen and oxygen atoms in total. The number of fused-ring (bicyclic) bond motifs is 1. The van der Waals surface area contributed by atoms with Gasteiger partial charge in [-0.05, 0) is 94.0 Å². The maximum atomic E-state index is 15.6. The number of hydrogen-bond acceptors (Lipinski definition) is 7. The second kappa shape index (κ2) is 14.8. The molecule has 0 radical (unpaired) electrons. The first-order chi connectivity index (χ1) is 23.9. The quantitative estimate of drug-likeness (QED) is 0.0599. The molecule has 0 spiro atoms. The van der Waals surface area contributed by atoms with Crippen LogP contribution in [0.5, 0.6) is 11.5 Å². The largest absolute Gasteiger partial charge is 0.573 e. The lowest BCUT2D eigenvalue weighted by Gasteiger charge is -2.32. The smallest absolute Gasteiger partial charge is 0.496 e. The standard InChI is InChI=1S/C36H43F4N7O3/c1-20(41)43-14-13-24-6-4-8-29(44-24)26-12-11-25(18-31(26)49-2)47-19-23-17-30(45-34(23)46-35(47)48)27-15-21(5-3-7-28(42)22-9-10-22)16-32(33(27)37)50-36(38,39)40/h11-12,15-19,22,24,28-29,44H,3-10,13-14,42H2,1-2H3,(H2,41,43)(H,45,46,48)/t24-,28?,29-/m0/s1. The Morgan fingerprint density at radius 1 is 1.16 bits per heavy atom. The van der Waals surface area contributed by atoms with E-state index in [1.165, 1.54) is 10.6 Å². The Morgan fingerprint density at radius 2 is 1.96 bits per heavy atom. The summed E-state index contributed by atoms with van der Waals surface area (Å²) in [6, 6.07) is 10.0. The monoisotopic (exact) mass is 697 g/mol. The molecule has 2 fully saturated rings. The van der Waals surface area contributed by atoms with Crippen LogP contribution < -0.4 is 31.5 Å². The van der Waals surface area contributed by atoms with Crippen LogP contribution in [-0.4, -0.2) is 52.5 Å². The Balaban J connectivity index is 1.27. The van der Waals surface area contributed by atoms with Crippen LogP contribution in [0, 0.1) is 17.1 Å². The fourth-order valence-electron chi connectivity index (χ4n) is 6.88. The van der Waals surface area contributed by atoms with Gasteiger partial charge in [-0.2, -0.15) is 4.98 Å². The molecule has 3 atom stereocenters. The number of ether oxygens (including phenoxy) is 2. The molecule has 14 heteroatoms. The Morgan fingerprint density at radius 3 is 2.68 bits per heavy atom. The fraction of sp³-hybridized carbons (Fsp3) is 0.472. The number of nitrogens with one attached hydrogen (secondary N) is 4. The van der Waals surface area contributed by atoms with Crippen LogP contribution >= 0.6 is 0 Å². The Hall–Kier alpha value is -4.43. The van der Waals surface area contributed by atoms with Gasteiger partial charge in [0.2, 0.25) is 0 Å². The third kappa shape index (κ3) is 8.47. The zero-order valence-corrected chi connectivity index (χ0v) is 28.1. The van der Waals surface area contributed by atoms with Gasteiger partial charge >= 0.3 is 12.1 Å². The van der Waals surface area contributed by atoms with Gasteiger partial charge < -0.3 is 30.8 Å². The normalized spacial score (nSPS) is 18.6. The molecule has 50 heavy (non-hydrogen) atoms. The molecule has 1 saturated carbocycles. The summed E-state index contributed by atoms with van der Waals surface area (Å²) in [5.41, 5.74) is 7.73. The van der Waals surface area contributed by atoms with Crippen molar-refractivity contribution in [2.45, 2.75) is 89.2 Å². The zero-order valence-electron chi connectivity index (χ0n) is 28.1. The fourth-order valence-corrected chi connectivity index (χ4v) is 6.88. The van der Waals surface area contributed by atoms with Gasteiger partial charge in [0.1, 0.15) is 11.4 Å². The summed E-state index contributed by atoms with van der Waals surface area (Å²) in [5.74, 6) is -0.568. The highest BCUT2D eigenvalue weighted by Crippen LogP contribution is 2.37. The van der Waals surface area contributed by atoms with Gasteiger partial charge in [0, 0.05) is 53.4 Å². The van der Waals surface area contributed by atoms with E-state index in [4.69, 9.17) is 15.9 Å². The zero-order chi connectivity index (χ0) is 35.6. The van der Waals surface area contributed by atoms with Crippen LogP contribution in [0.15, 0.2) is 47.4 Å². The average molecular weight is 698 g/mol. The third-order valence-electron chi connectivity index (χ3n) is 9.59. The van der Waals surface area contributed by atoms with Crippen molar-refractivity contribution < 1.29 is 27.0 Å². The molecule has 2 aromatic heterocycles. The second-order valence-corrected chi connectivity index (χ2v) is 13.4. The van der Waals surface area contributed by atoms with Crippen molar-refractivity contribution >= 4 is 16.9 Å². The van der Waals surface area contributed by atoms with E-state index in [0.29, 0.717) is 59.9 Å². The van der Waals surface area contributed by atoms with Gasteiger partial charge in [-0.25, -0.2) is 9.18 Å². The molecule has 2 aliphatic rings. The first-order valence-electron chi connectivity index (χ1n) is 17.1. The average Bonchev–Trinajstić information content (AvgIpc) is 3.84. The van der Waals surface area contributed by atoms with Crippen molar-refractivity contribution in [2.75, 3.05) is 13.7 Å². The Labute approximate surface area is 287 Å². The van der Waals surface area contributed by atoms with Gasteiger partial charge in [0.25, 0.3) is 0 Å². The predicted molar refractivity (Wildman–Crippen MR) is 183 cm³/mol. The molecule has 6 rings (SSSR count). The summed E-state index contributed by atoms with van der Waals surface area (Å²) in [5, 5.41) is 14.8. The molecular weight excluding hydrogens is 654 g/mol. The number of rotatable bonds is 13. The summed E-state index contributed by atoms with van der Waals surface area (Å²) < 4.78 is 66.5. The number of aryl methyl sites for hydroxylation is 1. The Kier molecular flexibility index (Phi) is 10.5. The van der Waals surface area contributed by atoms with Crippen LogP contribution in [0.4, 0.5) is 17.6 Å². The number of hydrogen-bond donors (Lipinski definition) is 5. The van der Waals surface area contributed by atoms with Gasteiger partial charge in [-0.15, -0.1) is 13.2 Å². The van der Waals surface area contributed by atoms with Crippen LogP contribution in [0.1, 0.15) is 75.5 Å². The number of halogens is 4. The summed E-state index contributed by atoms with van der Waals surface area (Å²) in [7, 11) is 1.57. The molecule has 2 aromatic carbocycles. The lowest BCUT2D eigenvalue weighted by molar-refractivity contribution is -0.275. The molecule has 3 heterocycles. The second-order valence-electron chi connectivity index (χ2n) is 13.4. The van der Waals surface area contributed by atoms with E-state index in [-0.39, 0.29) is 35.0 Å². The molecular formula is C36H43F4N7O3. The van der Waals surface area contributed by atoms with E-state index in [0.717, 1.165) is 50.2 Å². The molecule has 268 valence electrons. The summed E-state index contributed by atoms with van der Waals surface area (Å²) in [4.78, 5) is 20.3. The van der Waals surface area contributed by atoms with E-state index in [1.54, 1.807) is 32.4 Å². The van der Waals surface area contributed by atoms with E-state index >= 15 is 4.39 Å². The topological polar surface area (TPSA) is 143 Å². The van der Waals surface area contributed by atoms with Crippen molar-refractivity contribution in [3.05, 3.63) is 70.0 Å². The summed E-state index contributed by atoms with van der Waals surface area (Å²) in [6.45, 7) is 2.43. The molecule has 1 aliphatic carbocycles. The minimum absolute atomic E-state index is 0.0388. The maximum Gasteiger partial charge on any atom is 0.573 e. The molecule has 0 amide bonds. The number of nitrogens with two attached hydrogens (primary N) is 1. The number of aromatic nitrogens is 3. The van der Waals surface area contributed by atoms with Crippen LogP contribution in [0.3, 0.4) is 0 Å². The van der Waals surface area contributed by atoms with E-state index in [9.17, 15) is 18.0 Å². The molecule has 0 bridgehead atoms. The van der Waals surface area contributed by atoms with Gasteiger partial charge in [-0.1, -0.05) is 12.5 Å². The molecule has 1 aliphatic heterocycles. The van der Waals surface area contributed by atoms with Crippen molar-refractivity contribution in [1.82, 2.24) is 25.2 Å². The van der Waals surface area contributed by atoms with E-state index < -0.39 is 23.6 Å². The molecule has 6 N–H and O–H groups in total. The third-order valence-corrected chi connectivity index (χ3v) is 9.59. The van der Waals surface area contributed by atoms with Crippen molar-refractivity contribution in [2.24, 2.45) is 11.7 Å². The summed E-state index contributed by atoms with van der Waals surface area (Å²) in [6.07, 6.45) is 4.26. The number of piperidine rings is 1. The minimum atomic E-state index is -5.08. The first kappa shape index (κ1) is 35.4. The van der Waals surface area contributed by atoms with Crippen molar-refractivity contribution in [3.8, 4) is 28.4 Å². The van der Waals surface area contributed by atoms with Crippen LogP contribution in [0.2, 0.25) is 0 Å². The molecule has 1 saturated heterocycles. The number of aromatic amines is 1. The number of methoxy groups -OCH3 is 1. The molecule has 1 unspecified atom stereocenters. The number of benzene rings is 2. The van der Waals surface area contributed by atoms with Crippen LogP contribution in [-0.2, 0) is 6.42 Å². The number of amidine groups is 1. The number of H-pyrrole nitrogens is 1. The van der Waals surface area contributed by atoms with Gasteiger partial charge in [0.15, 0.2) is 11.6 Å². The lowest BCUT2D eigenvalue weighted by Crippen LogP contribution is -2.39.